The predicted molar refractivity (Wildman–Crippen MR) is 135 cm³/mol. The molecule has 1 unspecified atom stereocenters. The van der Waals surface area contributed by atoms with Gasteiger partial charge in [-0.15, -0.1) is 11.8 Å². The molecule has 0 amide bonds. The highest BCUT2D eigenvalue weighted by Gasteiger charge is 2.48. The highest BCUT2D eigenvalue weighted by molar-refractivity contribution is 7.99. The second-order valence-electron chi connectivity index (χ2n) is 7.70. The largest absolute Gasteiger partial charge is 0.501 e. The number of nitrogens with zero attached hydrogens (tertiary/aromatic N) is 1. The topological polar surface area (TPSA) is 116 Å². The number of sulfone groups is 1. The average Bonchev–Trinajstić information content (AvgIpc) is 2.79. The van der Waals surface area contributed by atoms with Gasteiger partial charge in [-0.2, -0.15) is 13.2 Å². The molecule has 13 heteroatoms. The standard InChI is InChI=1S/C14H21NOS.C8H9F3N2O3S2/c1-2-6-14(7-3-1)17-13-5-4-8-15-9-11-16-12-10-15;1-17(13,14)5-2-3-6(12)7(4-5)18(15,16)8(9,10)11/h1-3,6-7H,4-5,8-13H2;2-4H,1,12H2,(H2,13,14). The quantitative estimate of drug-likeness (QED) is 0.223. The summed E-state index contributed by atoms with van der Waals surface area (Å²) in [6.45, 7) is 5.30. The lowest BCUT2D eigenvalue weighted by molar-refractivity contribution is -0.0435. The van der Waals surface area contributed by atoms with Gasteiger partial charge in [0.05, 0.1) is 28.6 Å². The maximum Gasteiger partial charge on any atom is 0.501 e. The molecule has 0 aliphatic carbocycles. The fraction of sp³-hybridized carbons (Fsp3) is 0.409. The number of hydrogen-bond acceptors (Lipinski definition) is 7. The molecule has 7 nitrogen and oxygen atoms in total. The van der Waals surface area contributed by atoms with Gasteiger partial charge in [0.15, 0.2) is 0 Å². The number of halogens is 3. The molecule has 1 atom stereocenters. The van der Waals surface area contributed by atoms with Gasteiger partial charge in [-0.05, 0) is 61.3 Å². The summed E-state index contributed by atoms with van der Waals surface area (Å²) in [5, 5.41) is 5.13. The first-order valence-electron chi connectivity index (χ1n) is 10.7. The third-order valence-corrected chi connectivity index (χ3v) is 8.65. The van der Waals surface area contributed by atoms with Crippen molar-refractivity contribution in [2.24, 2.45) is 5.14 Å². The lowest BCUT2D eigenvalue weighted by Gasteiger charge is -2.26. The van der Waals surface area contributed by atoms with Gasteiger partial charge in [0.2, 0.25) is 0 Å². The number of alkyl halides is 3. The monoisotopic (exact) mass is 553 g/mol. The Morgan fingerprint density at radius 3 is 2.23 bits per heavy atom. The summed E-state index contributed by atoms with van der Waals surface area (Å²) in [7, 11) is -8.96. The maximum atomic E-state index is 12.4. The Balaban J connectivity index is 0.000000247. The Bertz CT molecular complexity index is 1150. The summed E-state index contributed by atoms with van der Waals surface area (Å²) >= 11 is 1.96. The Hall–Kier alpha value is -1.77. The average molecular weight is 554 g/mol. The molecule has 196 valence electrons. The zero-order valence-corrected chi connectivity index (χ0v) is 21.5. The Labute approximate surface area is 209 Å². The first-order valence-corrected chi connectivity index (χ1v) is 14.9. The molecular weight excluding hydrogens is 523 g/mol. The van der Waals surface area contributed by atoms with E-state index < -0.39 is 35.6 Å². The number of thioether (sulfide) groups is 1. The van der Waals surface area contributed by atoms with E-state index in [1.54, 1.807) is 0 Å². The summed E-state index contributed by atoms with van der Waals surface area (Å²) in [6.07, 6.45) is 2.61. The van der Waals surface area contributed by atoms with Crippen LogP contribution in [0.1, 0.15) is 12.8 Å². The number of morpholine rings is 1. The molecule has 1 aliphatic rings. The van der Waals surface area contributed by atoms with Gasteiger partial charge in [0.1, 0.15) is 4.90 Å². The van der Waals surface area contributed by atoms with Gasteiger partial charge >= 0.3 is 5.51 Å². The van der Waals surface area contributed by atoms with Crippen molar-refractivity contribution in [1.29, 1.82) is 0 Å². The van der Waals surface area contributed by atoms with Crippen molar-refractivity contribution in [3.05, 3.63) is 48.5 Å². The summed E-state index contributed by atoms with van der Waals surface area (Å²) in [6, 6.07) is 13.1. The molecule has 1 aliphatic heterocycles. The summed E-state index contributed by atoms with van der Waals surface area (Å²) in [5.74, 6) is 4.27. The highest BCUT2D eigenvalue weighted by Crippen LogP contribution is 2.34. The van der Waals surface area contributed by atoms with Crippen molar-refractivity contribution in [1.82, 2.24) is 4.90 Å². The zero-order chi connectivity index (χ0) is 26.1. The van der Waals surface area contributed by atoms with Gasteiger partial charge < -0.3 is 10.5 Å². The normalized spacial score (nSPS) is 16.7. The number of unbranched alkanes of at least 4 members (excludes halogenated alkanes) is 1. The molecule has 4 N–H and O–H groups in total. The van der Waals surface area contributed by atoms with E-state index in [4.69, 9.17) is 15.6 Å². The molecule has 2 aromatic carbocycles. The minimum Gasteiger partial charge on any atom is -0.398 e. The summed E-state index contributed by atoms with van der Waals surface area (Å²) in [5.41, 5.74) is -0.933. The molecule has 0 bridgehead atoms. The molecule has 0 spiro atoms. The van der Waals surface area contributed by atoms with E-state index in [0.29, 0.717) is 6.07 Å². The number of hydrogen-bond donors (Lipinski definition) is 2. The SMILES string of the molecule is C=S(N)(=O)c1ccc(N)c(S(=O)(=O)C(F)(F)F)c1.c1ccc(SCCCCN2CCOCC2)cc1. The van der Waals surface area contributed by atoms with Crippen molar-refractivity contribution in [2.45, 2.75) is 33.0 Å². The van der Waals surface area contributed by atoms with Gasteiger partial charge in [-0.25, -0.2) is 12.6 Å². The van der Waals surface area contributed by atoms with E-state index in [-0.39, 0.29) is 4.90 Å². The summed E-state index contributed by atoms with van der Waals surface area (Å²) < 4.78 is 76.2. The van der Waals surface area contributed by atoms with Gasteiger partial charge in [0.25, 0.3) is 9.84 Å². The molecule has 1 heterocycles. The Morgan fingerprint density at radius 1 is 1.03 bits per heavy atom. The maximum absolute atomic E-state index is 12.4. The van der Waals surface area contributed by atoms with Gasteiger partial charge in [-0.3, -0.25) is 10.0 Å². The second-order valence-corrected chi connectivity index (χ2v) is 12.7. The van der Waals surface area contributed by atoms with Crippen molar-refractivity contribution < 1.29 is 30.5 Å². The fourth-order valence-corrected chi connectivity index (χ4v) is 5.59. The van der Waals surface area contributed by atoms with Gasteiger partial charge in [0, 0.05) is 22.9 Å². The minimum atomic E-state index is -5.62. The third-order valence-electron chi connectivity index (χ3n) is 4.96. The number of nitrogens with two attached hydrogens (primary N) is 2. The molecule has 35 heavy (non-hydrogen) atoms. The van der Waals surface area contributed by atoms with Crippen LogP contribution < -0.4 is 10.9 Å². The molecule has 0 radical (unpaired) electrons. The number of anilines is 1. The molecule has 1 fully saturated rings. The number of benzene rings is 2. The first-order chi connectivity index (χ1) is 16.3. The molecule has 0 aromatic heterocycles. The van der Waals surface area contributed by atoms with Crippen LogP contribution >= 0.6 is 11.8 Å². The second kappa shape index (κ2) is 13.0. The first kappa shape index (κ1) is 29.5. The lowest BCUT2D eigenvalue weighted by Crippen LogP contribution is -2.36. The van der Waals surface area contributed by atoms with Crippen molar-refractivity contribution in [3.63, 3.8) is 0 Å². The third kappa shape index (κ3) is 9.32. The Morgan fingerprint density at radius 2 is 1.66 bits per heavy atom. The highest BCUT2D eigenvalue weighted by atomic mass is 32.2. The molecule has 3 rings (SSSR count). The predicted octanol–water partition coefficient (Wildman–Crippen LogP) is 3.40. The number of rotatable bonds is 8. The Kier molecular flexibility index (Phi) is 10.9. The molecule has 2 aromatic rings. The minimum absolute atomic E-state index is 0.334. The van der Waals surface area contributed by atoms with E-state index >= 15 is 0 Å². The smallest absolute Gasteiger partial charge is 0.398 e. The molecular formula is C22H30F3N3O4S3. The van der Waals surface area contributed by atoms with Crippen LogP contribution in [0.3, 0.4) is 0 Å². The van der Waals surface area contributed by atoms with Crippen LogP contribution in [0.4, 0.5) is 18.9 Å². The van der Waals surface area contributed by atoms with E-state index in [2.05, 4.69) is 41.1 Å². The number of ether oxygens (including phenoxy) is 1. The number of nitrogen functional groups attached to an aromatic ring is 1. The van der Waals surface area contributed by atoms with E-state index in [0.717, 1.165) is 38.4 Å². The van der Waals surface area contributed by atoms with E-state index in [9.17, 15) is 25.8 Å². The van der Waals surface area contributed by atoms with Crippen LogP contribution in [0, 0.1) is 0 Å². The van der Waals surface area contributed by atoms with Crippen LogP contribution in [-0.4, -0.2) is 67.5 Å². The van der Waals surface area contributed by atoms with Crippen LogP contribution in [0.25, 0.3) is 0 Å². The van der Waals surface area contributed by atoms with Gasteiger partial charge in [-0.1, -0.05) is 18.2 Å². The van der Waals surface area contributed by atoms with Crippen LogP contribution in [0.2, 0.25) is 0 Å². The molecule has 0 saturated carbocycles. The van der Waals surface area contributed by atoms with Crippen molar-refractivity contribution >= 4 is 42.9 Å². The van der Waals surface area contributed by atoms with E-state index in [1.165, 1.54) is 30.0 Å². The van der Waals surface area contributed by atoms with E-state index in [1.807, 2.05) is 11.8 Å². The van der Waals surface area contributed by atoms with Crippen LogP contribution in [-0.2, 0) is 24.3 Å². The zero-order valence-electron chi connectivity index (χ0n) is 19.1. The fourth-order valence-electron chi connectivity index (χ4n) is 3.06. The molecule has 1 saturated heterocycles. The summed E-state index contributed by atoms with van der Waals surface area (Å²) in [4.78, 5) is 2.38. The lowest BCUT2D eigenvalue weighted by atomic mass is 10.3. The van der Waals surface area contributed by atoms with Crippen molar-refractivity contribution in [3.8, 4) is 0 Å². The van der Waals surface area contributed by atoms with Crippen LogP contribution in [0.5, 0.6) is 0 Å². The van der Waals surface area contributed by atoms with Crippen molar-refractivity contribution in [2.75, 3.05) is 44.3 Å². The van der Waals surface area contributed by atoms with Crippen LogP contribution in [0.15, 0.2) is 63.2 Å².